The second-order valence-corrected chi connectivity index (χ2v) is 10.6. The summed E-state index contributed by atoms with van der Waals surface area (Å²) >= 11 is 0. The van der Waals surface area contributed by atoms with Crippen molar-refractivity contribution in [1.82, 2.24) is 19.4 Å². The molecular formula is C23H39N5O4S. The molecule has 1 N–H and O–H groups in total. The van der Waals surface area contributed by atoms with Crippen LogP contribution in [0.25, 0.3) is 0 Å². The predicted molar refractivity (Wildman–Crippen MR) is 131 cm³/mol. The second-order valence-electron chi connectivity index (χ2n) is 8.73. The number of piperazine rings is 1. The molecule has 0 radical (unpaired) electrons. The zero-order chi connectivity index (χ0) is 23.8. The van der Waals surface area contributed by atoms with Crippen molar-refractivity contribution < 1.29 is 17.9 Å². The molecule has 0 spiro atoms. The summed E-state index contributed by atoms with van der Waals surface area (Å²) in [6, 6.07) is 7.09. The standard InChI is InChI=1S/C23H39N5O4S/c1-4-28(21-8-10-22(11-9-21)32-5-2)33(30,31)27-13-6-7-20(19-27)23(29)24-12-14-26-17-15-25(3)16-18-26/h8-11,20H,4-7,12-19H2,1-3H3,(H,24,29)/t20-/m0/s1. The molecule has 33 heavy (non-hydrogen) atoms. The topological polar surface area (TPSA) is 85.4 Å². The molecule has 3 rings (SSSR count). The Labute approximate surface area is 198 Å². The van der Waals surface area contributed by atoms with E-state index in [-0.39, 0.29) is 18.4 Å². The number of likely N-dealkylation sites (N-methyl/N-ethyl adjacent to an activating group) is 1. The highest BCUT2D eigenvalue weighted by Crippen LogP contribution is 2.27. The Hall–Kier alpha value is -1.88. The van der Waals surface area contributed by atoms with E-state index in [0.717, 1.165) is 32.7 Å². The summed E-state index contributed by atoms with van der Waals surface area (Å²) in [5.74, 6) is 0.342. The Morgan fingerprint density at radius 3 is 2.45 bits per heavy atom. The normalized spacial score (nSPS) is 21.0. The minimum atomic E-state index is -3.73. The highest BCUT2D eigenvalue weighted by molar-refractivity contribution is 7.90. The van der Waals surface area contributed by atoms with Crippen LogP contribution in [0.15, 0.2) is 24.3 Å². The molecule has 2 heterocycles. The van der Waals surface area contributed by atoms with Crippen molar-refractivity contribution in [2.75, 3.05) is 76.9 Å². The number of anilines is 1. The van der Waals surface area contributed by atoms with Crippen LogP contribution in [0, 0.1) is 5.92 Å². The van der Waals surface area contributed by atoms with Crippen molar-refractivity contribution in [3.05, 3.63) is 24.3 Å². The van der Waals surface area contributed by atoms with Crippen molar-refractivity contribution in [2.24, 2.45) is 5.92 Å². The third kappa shape index (κ3) is 6.81. The van der Waals surface area contributed by atoms with Crippen LogP contribution in [0.4, 0.5) is 5.69 Å². The van der Waals surface area contributed by atoms with Crippen LogP contribution in [0.5, 0.6) is 5.75 Å². The van der Waals surface area contributed by atoms with Crippen LogP contribution in [-0.2, 0) is 15.0 Å². The number of hydrogen-bond donors (Lipinski definition) is 1. The van der Waals surface area contributed by atoms with Crippen LogP contribution in [0.1, 0.15) is 26.7 Å². The summed E-state index contributed by atoms with van der Waals surface area (Å²) in [4.78, 5) is 17.4. The maximum absolute atomic E-state index is 13.4. The zero-order valence-electron chi connectivity index (χ0n) is 20.2. The van der Waals surface area contributed by atoms with Gasteiger partial charge in [0.25, 0.3) is 0 Å². The minimum absolute atomic E-state index is 0.0480. The fourth-order valence-electron chi connectivity index (χ4n) is 4.41. The van der Waals surface area contributed by atoms with Gasteiger partial charge >= 0.3 is 10.2 Å². The van der Waals surface area contributed by atoms with Crippen LogP contribution >= 0.6 is 0 Å². The third-order valence-electron chi connectivity index (χ3n) is 6.41. The number of carbonyl (C=O) groups excluding carboxylic acids is 1. The molecule has 1 aromatic carbocycles. The number of ether oxygens (including phenoxy) is 1. The summed E-state index contributed by atoms with van der Waals surface area (Å²) in [7, 11) is -1.61. The molecule has 1 amide bonds. The largest absolute Gasteiger partial charge is 0.494 e. The van der Waals surface area contributed by atoms with Crippen molar-refractivity contribution in [3.8, 4) is 5.75 Å². The molecule has 2 fully saturated rings. The van der Waals surface area contributed by atoms with E-state index in [2.05, 4.69) is 22.2 Å². The van der Waals surface area contributed by atoms with E-state index in [4.69, 9.17) is 4.74 Å². The maximum atomic E-state index is 13.4. The first-order valence-corrected chi connectivity index (χ1v) is 13.4. The number of carbonyl (C=O) groups is 1. The van der Waals surface area contributed by atoms with Gasteiger partial charge in [0.2, 0.25) is 5.91 Å². The lowest BCUT2D eigenvalue weighted by Gasteiger charge is -2.36. The van der Waals surface area contributed by atoms with Gasteiger partial charge in [-0.05, 0) is 58.0 Å². The predicted octanol–water partition coefficient (Wildman–Crippen LogP) is 1.23. The van der Waals surface area contributed by atoms with Gasteiger partial charge in [-0.1, -0.05) is 0 Å². The quantitative estimate of drug-likeness (QED) is 0.541. The van der Waals surface area contributed by atoms with E-state index in [9.17, 15) is 13.2 Å². The number of nitrogens with zero attached hydrogens (tertiary/aromatic N) is 4. The molecule has 0 aliphatic carbocycles. The molecule has 2 saturated heterocycles. The van der Waals surface area contributed by atoms with Gasteiger partial charge in [-0.15, -0.1) is 0 Å². The van der Waals surface area contributed by atoms with E-state index >= 15 is 0 Å². The zero-order valence-corrected chi connectivity index (χ0v) is 21.0. The lowest BCUT2D eigenvalue weighted by molar-refractivity contribution is -0.126. The molecule has 186 valence electrons. The number of amides is 1. The molecule has 1 aromatic rings. The molecule has 9 nitrogen and oxygen atoms in total. The molecule has 0 bridgehead atoms. The van der Waals surface area contributed by atoms with E-state index in [1.165, 1.54) is 8.61 Å². The van der Waals surface area contributed by atoms with Gasteiger partial charge < -0.3 is 15.0 Å². The van der Waals surface area contributed by atoms with Crippen molar-refractivity contribution >= 4 is 21.8 Å². The fourth-order valence-corrected chi connectivity index (χ4v) is 6.13. The summed E-state index contributed by atoms with van der Waals surface area (Å²) in [6.07, 6.45) is 1.39. The number of hydrogen-bond acceptors (Lipinski definition) is 6. The number of piperidine rings is 1. The van der Waals surface area contributed by atoms with E-state index < -0.39 is 10.2 Å². The lowest BCUT2D eigenvalue weighted by Crippen LogP contribution is -2.51. The monoisotopic (exact) mass is 481 g/mol. The first kappa shape index (κ1) is 25.7. The third-order valence-corrected chi connectivity index (χ3v) is 8.42. The fraction of sp³-hybridized carbons (Fsp3) is 0.696. The summed E-state index contributed by atoms with van der Waals surface area (Å²) in [5, 5.41) is 3.03. The first-order chi connectivity index (χ1) is 15.8. The van der Waals surface area contributed by atoms with E-state index in [0.29, 0.717) is 50.5 Å². The molecule has 2 aliphatic rings. The molecule has 1 atom stereocenters. The Bertz CT molecular complexity index is 856. The molecule has 0 unspecified atom stereocenters. The summed E-state index contributed by atoms with van der Waals surface area (Å²) < 4.78 is 35.2. The molecular weight excluding hydrogens is 442 g/mol. The van der Waals surface area contributed by atoms with Gasteiger partial charge in [0.05, 0.1) is 18.2 Å². The number of rotatable bonds is 10. The highest BCUT2D eigenvalue weighted by atomic mass is 32.2. The Morgan fingerprint density at radius 2 is 1.82 bits per heavy atom. The smallest absolute Gasteiger partial charge is 0.304 e. The second kappa shape index (κ2) is 12.0. The van der Waals surface area contributed by atoms with Gasteiger partial charge in [-0.25, -0.2) is 0 Å². The lowest BCUT2D eigenvalue weighted by atomic mass is 9.99. The maximum Gasteiger partial charge on any atom is 0.304 e. The Kier molecular flexibility index (Phi) is 9.37. The van der Waals surface area contributed by atoms with Gasteiger partial charge in [0, 0.05) is 58.9 Å². The van der Waals surface area contributed by atoms with Crippen LogP contribution < -0.4 is 14.4 Å². The number of benzene rings is 1. The SMILES string of the molecule is CCOc1ccc(N(CC)S(=O)(=O)N2CCC[C@H](C(=O)NCCN3CCN(C)CC3)C2)cc1. The molecule has 2 aliphatic heterocycles. The average molecular weight is 482 g/mol. The first-order valence-electron chi connectivity index (χ1n) is 12.0. The average Bonchev–Trinajstić information content (AvgIpc) is 2.82. The van der Waals surface area contributed by atoms with Crippen LogP contribution in [0.3, 0.4) is 0 Å². The molecule has 0 aromatic heterocycles. The van der Waals surface area contributed by atoms with Gasteiger partial charge in [0.1, 0.15) is 5.75 Å². The highest BCUT2D eigenvalue weighted by Gasteiger charge is 2.35. The van der Waals surface area contributed by atoms with Crippen molar-refractivity contribution in [2.45, 2.75) is 26.7 Å². The Balaban J connectivity index is 1.56. The van der Waals surface area contributed by atoms with Crippen LogP contribution in [-0.4, -0.2) is 101 Å². The molecule has 0 saturated carbocycles. The summed E-state index contributed by atoms with van der Waals surface area (Å²) in [5.41, 5.74) is 0.597. The van der Waals surface area contributed by atoms with Gasteiger partial charge in [-0.2, -0.15) is 12.7 Å². The van der Waals surface area contributed by atoms with Crippen molar-refractivity contribution in [1.29, 1.82) is 0 Å². The summed E-state index contributed by atoms with van der Waals surface area (Å²) in [6.45, 7) is 10.8. The van der Waals surface area contributed by atoms with Gasteiger partial charge in [0.15, 0.2) is 0 Å². The van der Waals surface area contributed by atoms with Crippen LogP contribution in [0.2, 0.25) is 0 Å². The molecule has 10 heteroatoms. The van der Waals surface area contributed by atoms with E-state index in [1.807, 2.05) is 13.8 Å². The van der Waals surface area contributed by atoms with Gasteiger partial charge in [-0.3, -0.25) is 14.0 Å². The van der Waals surface area contributed by atoms with Crippen molar-refractivity contribution in [3.63, 3.8) is 0 Å². The minimum Gasteiger partial charge on any atom is -0.494 e. The Morgan fingerprint density at radius 1 is 1.12 bits per heavy atom. The number of nitrogens with one attached hydrogen (secondary N) is 1. The van der Waals surface area contributed by atoms with E-state index in [1.54, 1.807) is 24.3 Å².